The van der Waals surface area contributed by atoms with Gasteiger partial charge in [-0.2, -0.15) is 0 Å². The quantitative estimate of drug-likeness (QED) is 0.436. The summed E-state index contributed by atoms with van der Waals surface area (Å²) in [6.45, 7) is 3.83. The first-order chi connectivity index (χ1) is 3.00. The molecule has 0 aromatic heterocycles. The molecule has 0 atom stereocenters. The lowest BCUT2D eigenvalue weighted by Crippen LogP contribution is -2.30. The van der Waals surface area contributed by atoms with E-state index in [2.05, 4.69) is 5.32 Å². The Morgan fingerprint density at radius 2 is 2.67 bits per heavy atom. The van der Waals surface area contributed by atoms with E-state index in [1.54, 1.807) is 0 Å². The molecule has 2 nitrogen and oxygen atoms in total. The van der Waals surface area contributed by atoms with Gasteiger partial charge in [0, 0.05) is 13.1 Å². The van der Waals surface area contributed by atoms with E-state index in [0.29, 0.717) is 0 Å². The third-order valence-corrected chi connectivity index (χ3v) is 0.846. The SMILES string of the molecule is C1CO[14CH2]CN1. The largest absolute Gasteiger partial charge is 0.379 e. The molecule has 1 saturated heterocycles. The zero-order chi connectivity index (χ0) is 4.24. The second kappa shape index (κ2) is 2.16. The molecule has 6 heavy (non-hydrogen) atoms. The molecule has 36 valence electrons. The fourth-order valence-electron chi connectivity index (χ4n) is 0.516. The molecule has 1 N–H and O–H groups in total. The normalized spacial score (nSPS) is 24.0. The second-order valence-electron chi connectivity index (χ2n) is 1.36. The van der Waals surface area contributed by atoms with Gasteiger partial charge >= 0.3 is 0 Å². The summed E-state index contributed by atoms with van der Waals surface area (Å²) in [6.07, 6.45) is 0. The van der Waals surface area contributed by atoms with Crippen LogP contribution in [0.2, 0.25) is 0 Å². The van der Waals surface area contributed by atoms with Crippen LogP contribution in [0, 0.1) is 0 Å². The molecule has 0 unspecified atom stereocenters. The summed E-state index contributed by atoms with van der Waals surface area (Å²) in [6, 6.07) is 0. The molecule has 1 heterocycles. The van der Waals surface area contributed by atoms with E-state index in [9.17, 15) is 0 Å². The topological polar surface area (TPSA) is 21.3 Å². The van der Waals surface area contributed by atoms with Gasteiger partial charge in [-0.15, -0.1) is 0 Å². The molecule has 0 bridgehead atoms. The third kappa shape index (κ3) is 0.954. The highest BCUT2D eigenvalue weighted by Gasteiger charge is 1.92. The minimum absolute atomic E-state index is 0.889. The summed E-state index contributed by atoms with van der Waals surface area (Å²) in [7, 11) is 0. The Bertz CT molecular complexity index is 23.0. The first-order valence-corrected chi connectivity index (χ1v) is 2.28. The van der Waals surface area contributed by atoms with Crippen LogP contribution in [0.5, 0.6) is 0 Å². The molecule has 0 radical (unpaired) electrons. The molecule has 1 aliphatic heterocycles. The number of morpholine rings is 1. The van der Waals surface area contributed by atoms with Crippen LogP contribution in [0.3, 0.4) is 0 Å². The van der Waals surface area contributed by atoms with Crippen LogP contribution in [-0.4, -0.2) is 26.3 Å². The van der Waals surface area contributed by atoms with Crippen molar-refractivity contribution in [2.75, 3.05) is 26.3 Å². The van der Waals surface area contributed by atoms with Gasteiger partial charge in [0.2, 0.25) is 0 Å². The predicted octanol–water partition coefficient (Wildman–Crippen LogP) is -0.394. The zero-order valence-corrected chi connectivity index (χ0v) is 3.74. The van der Waals surface area contributed by atoms with Crippen molar-refractivity contribution in [3.63, 3.8) is 0 Å². The highest BCUT2D eigenvalue weighted by Crippen LogP contribution is 1.76. The van der Waals surface area contributed by atoms with Gasteiger partial charge in [-0.25, -0.2) is 0 Å². The van der Waals surface area contributed by atoms with Crippen molar-refractivity contribution in [2.24, 2.45) is 0 Å². The maximum Gasteiger partial charge on any atom is 0.0591 e. The van der Waals surface area contributed by atoms with E-state index in [1.165, 1.54) is 0 Å². The second-order valence-corrected chi connectivity index (χ2v) is 1.36. The van der Waals surface area contributed by atoms with Crippen molar-refractivity contribution in [3.8, 4) is 0 Å². The van der Waals surface area contributed by atoms with Crippen LogP contribution >= 0.6 is 0 Å². The fraction of sp³-hybridized carbons (Fsp3) is 1.00. The Morgan fingerprint density at radius 1 is 1.67 bits per heavy atom. The summed E-state index contributed by atoms with van der Waals surface area (Å²) in [4.78, 5) is 0. The molecule has 0 aliphatic carbocycles. The average molecular weight is 89.1 g/mol. The van der Waals surface area contributed by atoms with Crippen LogP contribution in [0.1, 0.15) is 0 Å². The Hall–Kier alpha value is -0.0800. The molecular weight excluding hydrogens is 80.0 g/mol. The van der Waals surface area contributed by atoms with E-state index >= 15 is 0 Å². The van der Waals surface area contributed by atoms with Crippen molar-refractivity contribution in [1.29, 1.82) is 0 Å². The summed E-state index contributed by atoms with van der Waals surface area (Å²) in [5.41, 5.74) is 0. The van der Waals surface area contributed by atoms with E-state index in [-0.39, 0.29) is 0 Å². The number of rotatable bonds is 0. The van der Waals surface area contributed by atoms with Crippen molar-refractivity contribution in [3.05, 3.63) is 0 Å². The Labute approximate surface area is 37.5 Å². The van der Waals surface area contributed by atoms with Gasteiger partial charge < -0.3 is 10.1 Å². The Balaban J connectivity index is 2.00. The maximum absolute atomic E-state index is 5.01. The number of hydrogen-bond acceptors (Lipinski definition) is 2. The molecule has 0 amide bonds. The predicted molar refractivity (Wildman–Crippen MR) is 23.7 cm³/mol. The monoisotopic (exact) mass is 89.1 g/mol. The molecule has 0 spiro atoms. The maximum atomic E-state index is 5.01. The van der Waals surface area contributed by atoms with Gasteiger partial charge in [-0.05, 0) is 0 Å². The van der Waals surface area contributed by atoms with E-state index in [0.717, 1.165) is 26.3 Å². The van der Waals surface area contributed by atoms with Crippen LogP contribution < -0.4 is 5.32 Å². The van der Waals surface area contributed by atoms with Gasteiger partial charge in [-0.1, -0.05) is 0 Å². The molecule has 1 aliphatic rings. The van der Waals surface area contributed by atoms with Crippen molar-refractivity contribution in [2.45, 2.75) is 0 Å². The van der Waals surface area contributed by atoms with Crippen LogP contribution in [-0.2, 0) is 4.74 Å². The van der Waals surface area contributed by atoms with E-state index in [1.807, 2.05) is 0 Å². The molecule has 0 aromatic carbocycles. The average Bonchev–Trinajstić information content (AvgIpc) is 1.72. The van der Waals surface area contributed by atoms with Crippen LogP contribution in [0.15, 0.2) is 0 Å². The lowest BCUT2D eigenvalue weighted by atomic mass is 10.7. The molecule has 0 saturated carbocycles. The van der Waals surface area contributed by atoms with Crippen molar-refractivity contribution < 1.29 is 4.74 Å². The first-order valence-electron chi connectivity index (χ1n) is 2.28. The molecular formula is C4H9NO. The van der Waals surface area contributed by atoms with E-state index in [4.69, 9.17) is 4.74 Å². The van der Waals surface area contributed by atoms with Crippen molar-refractivity contribution in [1.82, 2.24) is 5.32 Å². The molecule has 1 rings (SSSR count). The van der Waals surface area contributed by atoms with Crippen LogP contribution in [0.4, 0.5) is 0 Å². The lowest BCUT2D eigenvalue weighted by molar-refractivity contribution is 0.109. The standard InChI is InChI=1S/C4H9NO/c1-3-6-4-2-5-1/h5H,1-4H2/i3+2. The fourth-order valence-corrected chi connectivity index (χ4v) is 0.516. The Morgan fingerprint density at radius 3 is 2.83 bits per heavy atom. The van der Waals surface area contributed by atoms with Gasteiger partial charge in [0.15, 0.2) is 0 Å². The minimum Gasteiger partial charge on any atom is -0.379 e. The van der Waals surface area contributed by atoms with E-state index < -0.39 is 0 Å². The van der Waals surface area contributed by atoms with Gasteiger partial charge in [-0.3, -0.25) is 0 Å². The lowest BCUT2D eigenvalue weighted by Gasteiger charge is -2.10. The van der Waals surface area contributed by atoms with Gasteiger partial charge in [0.1, 0.15) is 0 Å². The third-order valence-electron chi connectivity index (χ3n) is 0.846. The molecule has 1 fully saturated rings. The molecule has 2 heteroatoms. The highest BCUT2D eigenvalue weighted by molar-refractivity contribution is 4.49. The number of ether oxygens (including phenoxy) is 1. The van der Waals surface area contributed by atoms with Gasteiger partial charge in [0.25, 0.3) is 0 Å². The summed E-state index contributed by atoms with van der Waals surface area (Å²) in [5.74, 6) is 0. The smallest absolute Gasteiger partial charge is 0.0591 e. The number of nitrogens with one attached hydrogen (secondary N) is 1. The molecule has 0 aromatic rings. The van der Waals surface area contributed by atoms with Crippen LogP contribution in [0.25, 0.3) is 0 Å². The summed E-state index contributed by atoms with van der Waals surface area (Å²) >= 11 is 0. The summed E-state index contributed by atoms with van der Waals surface area (Å²) in [5, 5.41) is 3.16. The number of hydrogen-bond donors (Lipinski definition) is 1. The highest BCUT2D eigenvalue weighted by atomic mass is 16.6. The summed E-state index contributed by atoms with van der Waals surface area (Å²) < 4.78 is 5.01. The van der Waals surface area contributed by atoms with Crippen molar-refractivity contribution >= 4 is 0 Å². The minimum atomic E-state index is 0.889. The Kier molecular flexibility index (Phi) is 1.47. The first kappa shape index (κ1) is 4.09. The zero-order valence-electron chi connectivity index (χ0n) is 3.74. The van der Waals surface area contributed by atoms with Gasteiger partial charge in [0.05, 0.1) is 13.2 Å².